The van der Waals surface area contributed by atoms with Gasteiger partial charge in [-0.3, -0.25) is 9.10 Å². The maximum atomic E-state index is 13.1. The van der Waals surface area contributed by atoms with Crippen molar-refractivity contribution >= 4 is 21.6 Å². The molecule has 0 saturated heterocycles. The number of benzene rings is 2. The molecular weight excluding hydrogens is 395 g/mol. The minimum absolute atomic E-state index is 0.280. The molecule has 0 radical (unpaired) electrons. The Balaban J connectivity index is 2.27. The summed E-state index contributed by atoms with van der Waals surface area (Å²) in [4.78, 5) is 12.9. The Morgan fingerprint density at radius 3 is 2.17 bits per heavy atom. The van der Waals surface area contributed by atoms with Gasteiger partial charge in [0.15, 0.2) is 0 Å². The van der Waals surface area contributed by atoms with Crippen LogP contribution in [0.1, 0.15) is 38.8 Å². The molecule has 2 unspecified atom stereocenters. The number of hydrogen-bond donors (Lipinski definition) is 1. The predicted octanol–water partition coefficient (Wildman–Crippen LogP) is 3.65. The monoisotopic (exact) mass is 422 g/mol. The molecule has 2 atom stereocenters. The maximum Gasteiger partial charge on any atom is 0.244 e. The van der Waals surface area contributed by atoms with Crippen LogP contribution >= 0.6 is 0 Å². The summed E-state index contributed by atoms with van der Waals surface area (Å²) in [6.07, 6.45) is 1.35. The molecule has 0 bridgehead atoms. The van der Waals surface area contributed by atoms with E-state index in [1.54, 1.807) is 50.2 Å². The van der Waals surface area contributed by atoms with Gasteiger partial charge >= 0.3 is 0 Å². The van der Waals surface area contributed by atoms with Gasteiger partial charge in [-0.05, 0) is 62.2 Å². The predicted molar refractivity (Wildman–Crippen MR) is 112 cm³/mol. The van der Waals surface area contributed by atoms with E-state index in [1.165, 1.54) is 12.1 Å². The van der Waals surface area contributed by atoms with E-state index in [0.29, 0.717) is 18.0 Å². The lowest BCUT2D eigenvalue weighted by molar-refractivity contribution is -0.122. The van der Waals surface area contributed by atoms with Crippen molar-refractivity contribution < 1.29 is 22.3 Å². The molecule has 8 heteroatoms. The zero-order chi connectivity index (χ0) is 21.6. The SMILES string of the molecule is CCOc1ccc(N(C(CC)C(=O)NC(C)c2ccc(F)cc2)S(C)(=O)=O)cc1. The Hall–Kier alpha value is -2.61. The lowest BCUT2D eigenvalue weighted by Crippen LogP contribution is -2.49. The van der Waals surface area contributed by atoms with E-state index in [-0.39, 0.29) is 12.2 Å². The first-order valence-electron chi connectivity index (χ1n) is 9.45. The summed E-state index contributed by atoms with van der Waals surface area (Å²) >= 11 is 0. The van der Waals surface area contributed by atoms with E-state index >= 15 is 0 Å². The van der Waals surface area contributed by atoms with Gasteiger partial charge in [0.1, 0.15) is 17.6 Å². The molecule has 1 N–H and O–H groups in total. The van der Waals surface area contributed by atoms with Crippen molar-refractivity contribution in [2.75, 3.05) is 17.2 Å². The van der Waals surface area contributed by atoms with Crippen LogP contribution in [0.2, 0.25) is 0 Å². The van der Waals surface area contributed by atoms with Crippen molar-refractivity contribution in [2.24, 2.45) is 0 Å². The van der Waals surface area contributed by atoms with Gasteiger partial charge in [0.2, 0.25) is 15.9 Å². The lowest BCUT2D eigenvalue weighted by Gasteiger charge is -2.31. The number of ether oxygens (including phenoxy) is 1. The quantitative estimate of drug-likeness (QED) is 0.669. The van der Waals surface area contributed by atoms with Crippen LogP contribution in [-0.4, -0.2) is 33.2 Å². The third kappa shape index (κ3) is 5.93. The lowest BCUT2D eigenvalue weighted by atomic mass is 10.1. The first-order valence-corrected chi connectivity index (χ1v) is 11.3. The molecule has 6 nitrogen and oxygen atoms in total. The largest absolute Gasteiger partial charge is 0.494 e. The van der Waals surface area contributed by atoms with Crippen molar-refractivity contribution in [1.82, 2.24) is 5.32 Å². The number of anilines is 1. The number of sulfonamides is 1. The summed E-state index contributed by atoms with van der Waals surface area (Å²) in [6, 6.07) is 11.0. The molecule has 0 heterocycles. The molecule has 0 aliphatic rings. The molecule has 158 valence electrons. The molecule has 2 aromatic rings. The molecule has 1 amide bonds. The Labute approximate surface area is 171 Å². The molecule has 0 fully saturated rings. The van der Waals surface area contributed by atoms with Gasteiger partial charge in [-0.15, -0.1) is 0 Å². The minimum Gasteiger partial charge on any atom is -0.494 e. The maximum absolute atomic E-state index is 13.1. The van der Waals surface area contributed by atoms with Crippen LogP contribution in [0.3, 0.4) is 0 Å². The van der Waals surface area contributed by atoms with Crippen LogP contribution in [0.25, 0.3) is 0 Å². The van der Waals surface area contributed by atoms with Crippen LogP contribution in [0, 0.1) is 5.82 Å². The van der Waals surface area contributed by atoms with E-state index in [9.17, 15) is 17.6 Å². The van der Waals surface area contributed by atoms with Gasteiger partial charge in [0.05, 0.1) is 24.6 Å². The molecule has 0 spiro atoms. The summed E-state index contributed by atoms with van der Waals surface area (Å²) in [5.41, 5.74) is 1.11. The van der Waals surface area contributed by atoms with Crippen LogP contribution in [0.15, 0.2) is 48.5 Å². The average Bonchev–Trinajstić information content (AvgIpc) is 2.66. The molecule has 0 aromatic heterocycles. The van der Waals surface area contributed by atoms with Gasteiger partial charge in [0, 0.05) is 0 Å². The molecule has 0 aliphatic carbocycles. The normalized spacial score (nSPS) is 13.4. The van der Waals surface area contributed by atoms with Crippen molar-refractivity contribution in [1.29, 1.82) is 0 Å². The molecule has 0 saturated carbocycles. The zero-order valence-corrected chi connectivity index (χ0v) is 17.9. The number of halogens is 1. The third-order valence-corrected chi connectivity index (χ3v) is 5.64. The van der Waals surface area contributed by atoms with Gasteiger partial charge in [-0.25, -0.2) is 12.8 Å². The Kier molecular flexibility index (Phi) is 7.61. The summed E-state index contributed by atoms with van der Waals surface area (Å²) in [5, 5.41) is 2.83. The highest BCUT2D eigenvalue weighted by Crippen LogP contribution is 2.26. The fraction of sp³-hybridized carbons (Fsp3) is 0.381. The highest BCUT2D eigenvalue weighted by molar-refractivity contribution is 7.92. The van der Waals surface area contributed by atoms with Crippen LogP contribution < -0.4 is 14.4 Å². The molecule has 2 rings (SSSR count). The Morgan fingerprint density at radius 2 is 1.69 bits per heavy atom. The van der Waals surface area contributed by atoms with E-state index < -0.39 is 28.0 Å². The van der Waals surface area contributed by atoms with Crippen LogP contribution in [0.4, 0.5) is 10.1 Å². The zero-order valence-electron chi connectivity index (χ0n) is 17.1. The topological polar surface area (TPSA) is 75.7 Å². The molecule has 0 aliphatic heterocycles. The fourth-order valence-electron chi connectivity index (χ4n) is 3.06. The summed E-state index contributed by atoms with van der Waals surface area (Å²) in [7, 11) is -3.72. The van der Waals surface area contributed by atoms with Crippen LogP contribution in [-0.2, 0) is 14.8 Å². The molecular formula is C21H27FN2O4S. The number of amides is 1. The first-order chi connectivity index (χ1) is 13.7. The fourth-order valence-corrected chi connectivity index (χ4v) is 4.27. The summed E-state index contributed by atoms with van der Waals surface area (Å²) in [6.45, 7) is 5.87. The van der Waals surface area contributed by atoms with Gasteiger partial charge in [-0.1, -0.05) is 19.1 Å². The second kappa shape index (κ2) is 9.73. The Bertz CT molecular complexity index is 915. The van der Waals surface area contributed by atoms with E-state index in [2.05, 4.69) is 5.32 Å². The first kappa shape index (κ1) is 22.7. The number of carbonyl (C=O) groups is 1. The molecule has 29 heavy (non-hydrogen) atoms. The van der Waals surface area contributed by atoms with Crippen molar-refractivity contribution in [3.63, 3.8) is 0 Å². The number of carbonyl (C=O) groups excluding carboxylic acids is 1. The standard InChI is InChI=1S/C21H27FN2O4S/c1-5-20(21(25)23-15(3)16-7-9-17(22)10-8-16)24(29(4,26)27)18-11-13-19(14-12-18)28-6-2/h7-15,20H,5-6H2,1-4H3,(H,23,25). The van der Waals surface area contributed by atoms with Gasteiger partial charge in [-0.2, -0.15) is 0 Å². The molecule has 2 aromatic carbocycles. The summed E-state index contributed by atoms with van der Waals surface area (Å²) < 4.78 is 44.7. The number of nitrogens with one attached hydrogen (secondary N) is 1. The number of rotatable bonds is 9. The Morgan fingerprint density at radius 1 is 1.10 bits per heavy atom. The number of nitrogens with zero attached hydrogens (tertiary/aromatic N) is 1. The van der Waals surface area contributed by atoms with Crippen molar-refractivity contribution in [3.05, 3.63) is 59.9 Å². The van der Waals surface area contributed by atoms with E-state index in [0.717, 1.165) is 16.1 Å². The van der Waals surface area contributed by atoms with Crippen molar-refractivity contribution in [3.8, 4) is 5.75 Å². The van der Waals surface area contributed by atoms with Crippen molar-refractivity contribution in [2.45, 2.75) is 39.3 Å². The van der Waals surface area contributed by atoms with Gasteiger partial charge < -0.3 is 10.1 Å². The second-order valence-corrected chi connectivity index (χ2v) is 8.55. The number of hydrogen-bond acceptors (Lipinski definition) is 4. The highest BCUT2D eigenvalue weighted by atomic mass is 32.2. The minimum atomic E-state index is -3.72. The van der Waals surface area contributed by atoms with E-state index in [1.807, 2.05) is 6.92 Å². The third-order valence-electron chi connectivity index (χ3n) is 4.46. The average molecular weight is 423 g/mol. The van der Waals surface area contributed by atoms with Gasteiger partial charge in [0.25, 0.3) is 0 Å². The smallest absolute Gasteiger partial charge is 0.244 e. The summed E-state index contributed by atoms with van der Waals surface area (Å²) in [5.74, 6) is -0.173. The second-order valence-electron chi connectivity index (χ2n) is 6.69. The van der Waals surface area contributed by atoms with Crippen LogP contribution in [0.5, 0.6) is 5.75 Å². The highest BCUT2D eigenvalue weighted by Gasteiger charge is 2.32. The van der Waals surface area contributed by atoms with E-state index in [4.69, 9.17) is 4.74 Å².